The molecule has 1 aliphatic carbocycles. The van der Waals surface area contributed by atoms with Gasteiger partial charge in [0.05, 0.1) is 5.69 Å². The minimum absolute atomic E-state index is 0.00759. The molecule has 0 aromatic carbocycles. The number of nitrogens with zero attached hydrogens (tertiary/aromatic N) is 1. The summed E-state index contributed by atoms with van der Waals surface area (Å²) in [6.07, 6.45) is 7.22. The summed E-state index contributed by atoms with van der Waals surface area (Å²) in [5, 5.41) is 3.10. The van der Waals surface area contributed by atoms with Gasteiger partial charge in [-0.25, -0.2) is 4.98 Å². The van der Waals surface area contributed by atoms with E-state index < -0.39 is 0 Å². The van der Waals surface area contributed by atoms with Crippen molar-refractivity contribution < 1.29 is 4.79 Å². The normalized spacial score (nSPS) is 15.4. The van der Waals surface area contributed by atoms with Crippen LogP contribution in [0.25, 0.3) is 0 Å². The van der Waals surface area contributed by atoms with Crippen LogP contribution in [0.4, 0.5) is 5.69 Å². The molecule has 0 saturated heterocycles. The molecule has 84 valence electrons. The Kier molecular flexibility index (Phi) is 3.61. The smallest absolute Gasteiger partial charge is 0.228 e. The van der Waals surface area contributed by atoms with Gasteiger partial charge in [-0.2, -0.15) is 0 Å². The van der Waals surface area contributed by atoms with Crippen molar-refractivity contribution in [1.82, 2.24) is 4.98 Å². The van der Waals surface area contributed by atoms with Gasteiger partial charge < -0.3 is 5.32 Å². The first-order valence-electron chi connectivity index (χ1n) is 4.93. The van der Waals surface area contributed by atoms with Gasteiger partial charge in [-0.3, -0.25) is 4.79 Å². The van der Waals surface area contributed by atoms with Crippen LogP contribution < -0.4 is 5.32 Å². The maximum Gasteiger partial charge on any atom is 0.228 e. The number of anilines is 1. The monoisotopic (exact) mass is 300 g/mol. The Morgan fingerprint density at radius 1 is 1.50 bits per heavy atom. The summed E-state index contributed by atoms with van der Waals surface area (Å²) in [6, 6.07) is 1.75. The van der Waals surface area contributed by atoms with Crippen LogP contribution in [0.15, 0.2) is 28.9 Å². The second-order valence-corrected chi connectivity index (χ2v) is 4.89. The average Bonchev–Trinajstić information content (AvgIpc) is 2.76. The lowest BCUT2D eigenvalue weighted by molar-refractivity contribution is -0.119. The summed E-state index contributed by atoms with van der Waals surface area (Å²) < 4.78 is 0.789. The second kappa shape index (κ2) is 4.97. The van der Waals surface area contributed by atoms with Gasteiger partial charge in [0.1, 0.15) is 0 Å². The Morgan fingerprint density at radius 2 is 2.19 bits per heavy atom. The Balaban J connectivity index is 2.08. The zero-order valence-corrected chi connectivity index (χ0v) is 10.8. The lowest BCUT2D eigenvalue weighted by atomic mass is 10.1. The van der Waals surface area contributed by atoms with Gasteiger partial charge in [-0.1, -0.05) is 23.8 Å². The van der Waals surface area contributed by atoms with E-state index in [0.717, 1.165) is 17.3 Å². The molecule has 0 atom stereocenters. The van der Waals surface area contributed by atoms with Gasteiger partial charge in [-0.15, -0.1) is 0 Å². The molecule has 0 radical (unpaired) electrons. The van der Waals surface area contributed by atoms with Crippen LogP contribution in [-0.2, 0) is 4.79 Å². The third-order valence-corrected chi connectivity index (χ3v) is 3.18. The highest BCUT2D eigenvalue weighted by Gasteiger charge is 2.20. The van der Waals surface area contributed by atoms with Crippen LogP contribution in [0.2, 0.25) is 5.15 Å². The third kappa shape index (κ3) is 2.62. The Bertz CT molecular complexity index is 440. The van der Waals surface area contributed by atoms with Crippen molar-refractivity contribution in [3.05, 3.63) is 34.0 Å². The standard InChI is InChI=1S/C11H10BrClN2O/c12-8-5-9(10(13)14-6-8)15-11(16)7-3-1-2-4-7/h1-2,5-7H,3-4H2,(H,15,16). The minimum atomic E-state index is -0.00759. The molecule has 1 aliphatic rings. The number of hydrogen-bond acceptors (Lipinski definition) is 2. The molecule has 5 heteroatoms. The van der Waals surface area contributed by atoms with E-state index in [1.54, 1.807) is 12.3 Å². The minimum Gasteiger partial charge on any atom is -0.323 e. The number of amides is 1. The van der Waals surface area contributed by atoms with Crippen molar-refractivity contribution in [2.45, 2.75) is 12.8 Å². The first kappa shape index (κ1) is 11.6. The molecular formula is C11H10BrClN2O. The largest absolute Gasteiger partial charge is 0.323 e. The predicted octanol–water partition coefficient (Wildman–Crippen LogP) is 3.40. The van der Waals surface area contributed by atoms with E-state index in [1.165, 1.54) is 0 Å². The van der Waals surface area contributed by atoms with E-state index in [1.807, 2.05) is 12.2 Å². The zero-order chi connectivity index (χ0) is 11.5. The molecule has 1 aromatic heterocycles. The molecule has 0 aliphatic heterocycles. The molecule has 3 nitrogen and oxygen atoms in total. The van der Waals surface area contributed by atoms with Crippen LogP contribution >= 0.6 is 27.5 Å². The van der Waals surface area contributed by atoms with E-state index in [9.17, 15) is 4.79 Å². The van der Waals surface area contributed by atoms with Crippen molar-refractivity contribution in [3.8, 4) is 0 Å². The predicted molar refractivity (Wildman–Crippen MR) is 67.4 cm³/mol. The number of rotatable bonds is 2. The fraction of sp³-hybridized carbons (Fsp3) is 0.273. The maximum absolute atomic E-state index is 11.8. The Hall–Kier alpha value is -0.870. The highest BCUT2D eigenvalue weighted by molar-refractivity contribution is 9.10. The number of pyridine rings is 1. The molecule has 0 spiro atoms. The lowest BCUT2D eigenvalue weighted by Crippen LogP contribution is -2.20. The molecule has 1 amide bonds. The van der Waals surface area contributed by atoms with Crippen LogP contribution in [0.3, 0.4) is 0 Å². The zero-order valence-electron chi connectivity index (χ0n) is 8.41. The van der Waals surface area contributed by atoms with Gasteiger partial charge in [0.25, 0.3) is 0 Å². The van der Waals surface area contributed by atoms with E-state index in [4.69, 9.17) is 11.6 Å². The van der Waals surface area contributed by atoms with Crippen molar-refractivity contribution in [2.24, 2.45) is 5.92 Å². The fourth-order valence-corrected chi connectivity index (χ4v) is 2.06. The van der Waals surface area contributed by atoms with Crippen LogP contribution in [0.1, 0.15) is 12.8 Å². The van der Waals surface area contributed by atoms with E-state index in [-0.39, 0.29) is 11.8 Å². The van der Waals surface area contributed by atoms with Crippen molar-refractivity contribution in [1.29, 1.82) is 0 Å². The van der Waals surface area contributed by atoms with Crippen molar-refractivity contribution >= 4 is 39.1 Å². The van der Waals surface area contributed by atoms with Crippen LogP contribution in [-0.4, -0.2) is 10.9 Å². The molecule has 1 aromatic rings. The number of carbonyl (C=O) groups excluding carboxylic acids is 1. The van der Waals surface area contributed by atoms with Crippen LogP contribution in [0.5, 0.6) is 0 Å². The number of carbonyl (C=O) groups is 1. The summed E-state index contributed by atoms with van der Waals surface area (Å²) in [7, 11) is 0. The second-order valence-electron chi connectivity index (χ2n) is 3.62. The van der Waals surface area contributed by atoms with Gasteiger partial charge in [0, 0.05) is 16.6 Å². The van der Waals surface area contributed by atoms with Gasteiger partial charge >= 0.3 is 0 Å². The quantitative estimate of drug-likeness (QED) is 0.672. The molecule has 0 unspecified atom stereocenters. The van der Waals surface area contributed by atoms with Crippen LogP contribution in [0, 0.1) is 5.92 Å². The van der Waals surface area contributed by atoms with E-state index >= 15 is 0 Å². The van der Waals surface area contributed by atoms with Gasteiger partial charge in [-0.05, 0) is 34.8 Å². The maximum atomic E-state index is 11.8. The lowest BCUT2D eigenvalue weighted by Gasteiger charge is -2.11. The summed E-state index contributed by atoms with van der Waals surface area (Å²) in [5.41, 5.74) is 0.549. The summed E-state index contributed by atoms with van der Waals surface area (Å²) in [5.74, 6) is 0.0156. The average molecular weight is 302 g/mol. The molecule has 2 rings (SSSR count). The molecule has 1 N–H and O–H groups in total. The highest BCUT2D eigenvalue weighted by Crippen LogP contribution is 2.25. The third-order valence-electron chi connectivity index (χ3n) is 2.44. The molecular weight excluding hydrogens is 291 g/mol. The van der Waals surface area contributed by atoms with Gasteiger partial charge in [0.15, 0.2) is 5.15 Å². The Morgan fingerprint density at radius 3 is 2.88 bits per heavy atom. The number of halogens is 2. The summed E-state index contributed by atoms with van der Waals surface area (Å²) in [4.78, 5) is 15.8. The van der Waals surface area contributed by atoms with Gasteiger partial charge in [0.2, 0.25) is 5.91 Å². The fourth-order valence-electron chi connectivity index (χ4n) is 1.58. The Labute approximate surface area is 107 Å². The molecule has 0 bridgehead atoms. The first-order valence-corrected chi connectivity index (χ1v) is 6.11. The highest BCUT2D eigenvalue weighted by atomic mass is 79.9. The number of nitrogens with one attached hydrogen (secondary N) is 1. The molecule has 16 heavy (non-hydrogen) atoms. The van der Waals surface area contributed by atoms with E-state index in [0.29, 0.717) is 10.8 Å². The van der Waals surface area contributed by atoms with Crippen molar-refractivity contribution in [3.63, 3.8) is 0 Å². The summed E-state index contributed by atoms with van der Waals surface area (Å²) in [6.45, 7) is 0. The first-order chi connectivity index (χ1) is 7.66. The van der Waals surface area contributed by atoms with E-state index in [2.05, 4.69) is 26.2 Å². The number of hydrogen-bond donors (Lipinski definition) is 1. The molecule has 1 heterocycles. The SMILES string of the molecule is O=C(Nc1cc(Br)cnc1Cl)C1CC=CC1. The molecule has 0 fully saturated rings. The number of aromatic nitrogens is 1. The molecule has 0 saturated carbocycles. The van der Waals surface area contributed by atoms with Crippen molar-refractivity contribution in [2.75, 3.05) is 5.32 Å². The number of allylic oxidation sites excluding steroid dienone is 2. The summed E-state index contributed by atoms with van der Waals surface area (Å²) >= 11 is 9.17. The topological polar surface area (TPSA) is 42.0 Å².